The van der Waals surface area contributed by atoms with Crippen molar-refractivity contribution < 1.29 is 0 Å². The molecule has 1 fully saturated rings. The lowest BCUT2D eigenvalue weighted by atomic mass is 10.0. The van der Waals surface area contributed by atoms with Crippen molar-refractivity contribution >= 4 is 0 Å². The molecular weight excluding hydrogens is 220 g/mol. The minimum absolute atomic E-state index is 0.314. The smallest absolute Gasteiger partial charge is 0.0446 e. The van der Waals surface area contributed by atoms with Gasteiger partial charge < -0.3 is 11.1 Å². The molecule has 0 aliphatic heterocycles. The fraction of sp³-hybridized carbons (Fsp3) is 0.625. The van der Waals surface area contributed by atoms with E-state index in [0.29, 0.717) is 18.6 Å². The molecule has 2 nitrogen and oxygen atoms in total. The summed E-state index contributed by atoms with van der Waals surface area (Å²) in [5.74, 6) is 0. The molecule has 1 aromatic carbocycles. The molecule has 2 rings (SSSR count). The fourth-order valence-corrected chi connectivity index (χ4v) is 2.83. The molecule has 18 heavy (non-hydrogen) atoms. The van der Waals surface area contributed by atoms with Crippen molar-refractivity contribution in [2.75, 3.05) is 6.54 Å². The van der Waals surface area contributed by atoms with Crippen molar-refractivity contribution in [2.24, 2.45) is 5.73 Å². The van der Waals surface area contributed by atoms with Crippen LogP contribution in [-0.4, -0.2) is 12.6 Å². The molecule has 1 aliphatic rings. The Morgan fingerprint density at radius 2 is 1.72 bits per heavy atom. The first-order valence-corrected chi connectivity index (χ1v) is 7.32. The second kappa shape index (κ2) is 6.91. The molecule has 2 heteroatoms. The van der Waals surface area contributed by atoms with Gasteiger partial charge in [0.15, 0.2) is 0 Å². The first-order valence-electron chi connectivity index (χ1n) is 7.32. The average Bonchev–Trinajstić information content (AvgIpc) is 2.66. The predicted molar refractivity (Wildman–Crippen MR) is 77.6 cm³/mol. The standard InChI is InChI=1S/C16H26N2/c1-13-8-10-14(11-9-13)16(12-17)18-15-6-4-2-3-5-7-15/h8-11,15-16,18H,2-7,12,17H2,1H3. The van der Waals surface area contributed by atoms with E-state index in [-0.39, 0.29) is 0 Å². The highest BCUT2D eigenvalue weighted by Crippen LogP contribution is 2.21. The average molecular weight is 246 g/mol. The molecule has 0 bridgehead atoms. The number of benzene rings is 1. The lowest BCUT2D eigenvalue weighted by Gasteiger charge is -2.24. The monoisotopic (exact) mass is 246 g/mol. The summed E-state index contributed by atoms with van der Waals surface area (Å²) in [6.45, 7) is 2.81. The Kier molecular flexibility index (Phi) is 5.21. The number of rotatable bonds is 4. The lowest BCUT2D eigenvalue weighted by molar-refractivity contribution is 0.402. The summed E-state index contributed by atoms with van der Waals surface area (Å²) >= 11 is 0. The van der Waals surface area contributed by atoms with Gasteiger partial charge in [-0.25, -0.2) is 0 Å². The molecule has 1 aromatic rings. The highest BCUT2D eigenvalue weighted by atomic mass is 15.0. The van der Waals surface area contributed by atoms with Gasteiger partial charge in [0.1, 0.15) is 0 Å². The van der Waals surface area contributed by atoms with E-state index < -0.39 is 0 Å². The maximum atomic E-state index is 5.94. The highest BCUT2D eigenvalue weighted by molar-refractivity contribution is 5.24. The molecule has 100 valence electrons. The van der Waals surface area contributed by atoms with Gasteiger partial charge in [0.25, 0.3) is 0 Å². The van der Waals surface area contributed by atoms with Crippen LogP contribution in [-0.2, 0) is 0 Å². The van der Waals surface area contributed by atoms with Crippen LogP contribution < -0.4 is 11.1 Å². The second-order valence-electron chi connectivity index (χ2n) is 5.55. The minimum atomic E-state index is 0.314. The number of hydrogen-bond acceptors (Lipinski definition) is 2. The van der Waals surface area contributed by atoms with Crippen LogP contribution in [0.25, 0.3) is 0 Å². The molecule has 1 atom stereocenters. The summed E-state index contributed by atoms with van der Waals surface area (Å²) in [6, 6.07) is 9.73. The van der Waals surface area contributed by atoms with E-state index in [4.69, 9.17) is 5.73 Å². The van der Waals surface area contributed by atoms with Crippen LogP contribution in [0.4, 0.5) is 0 Å². The van der Waals surface area contributed by atoms with Crippen molar-refractivity contribution in [2.45, 2.75) is 57.5 Å². The van der Waals surface area contributed by atoms with Crippen molar-refractivity contribution in [1.82, 2.24) is 5.32 Å². The first kappa shape index (κ1) is 13.6. The van der Waals surface area contributed by atoms with Gasteiger partial charge in [-0.2, -0.15) is 0 Å². The summed E-state index contributed by atoms with van der Waals surface area (Å²) in [5, 5.41) is 3.76. The van der Waals surface area contributed by atoms with E-state index in [1.54, 1.807) is 0 Å². The van der Waals surface area contributed by atoms with Crippen molar-refractivity contribution in [3.8, 4) is 0 Å². The molecule has 0 radical (unpaired) electrons. The van der Waals surface area contributed by atoms with Crippen LogP contribution in [0.15, 0.2) is 24.3 Å². The number of aryl methyl sites for hydroxylation is 1. The Hall–Kier alpha value is -0.860. The summed E-state index contributed by atoms with van der Waals surface area (Å²) in [6.07, 6.45) is 8.14. The van der Waals surface area contributed by atoms with Gasteiger partial charge in [0.2, 0.25) is 0 Å². The van der Waals surface area contributed by atoms with Gasteiger partial charge >= 0.3 is 0 Å². The highest BCUT2D eigenvalue weighted by Gasteiger charge is 2.17. The molecule has 1 aliphatic carbocycles. The summed E-state index contributed by atoms with van der Waals surface area (Å²) in [5.41, 5.74) is 8.57. The third-order valence-electron chi connectivity index (χ3n) is 4.01. The van der Waals surface area contributed by atoms with Crippen LogP contribution >= 0.6 is 0 Å². The van der Waals surface area contributed by atoms with Crippen molar-refractivity contribution in [3.05, 3.63) is 35.4 Å². The van der Waals surface area contributed by atoms with Crippen LogP contribution in [0, 0.1) is 6.92 Å². The van der Waals surface area contributed by atoms with Gasteiger partial charge in [-0.15, -0.1) is 0 Å². The van der Waals surface area contributed by atoms with Gasteiger partial charge in [0.05, 0.1) is 0 Å². The molecule has 1 saturated carbocycles. The molecule has 1 unspecified atom stereocenters. The molecule has 3 N–H and O–H groups in total. The Morgan fingerprint density at radius 1 is 1.11 bits per heavy atom. The maximum absolute atomic E-state index is 5.94. The summed E-state index contributed by atoms with van der Waals surface area (Å²) in [4.78, 5) is 0. The van der Waals surface area contributed by atoms with Crippen molar-refractivity contribution in [1.29, 1.82) is 0 Å². The molecule has 0 heterocycles. The van der Waals surface area contributed by atoms with Crippen LogP contribution in [0.3, 0.4) is 0 Å². The third kappa shape index (κ3) is 3.82. The van der Waals surface area contributed by atoms with Crippen LogP contribution in [0.1, 0.15) is 55.7 Å². The van der Waals surface area contributed by atoms with Gasteiger partial charge in [0, 0.05) is 18.6 Å². The number of nitrogens with two attached hydrogens (primary N) is 1. The largest absolute Gasteiger partial charge is 0.329 e. The van der Waals surface area contributed by atoms with E-state index in [2.05, 4.69) is 36.5 Å². The molecule has 0 spiro atoms. The van der Waals surface area contributed by atoms with E-state index in [0.717, 1.165) is 0 Å². The zero-order chi connectivity index (χ0) is 12.8. The quantitative estimate of drug-likeness (QED) is 0.800. The van der Waals surface area contributed by atoms with Crippen LogP contribution in [0.2, 0.25) is 0 Å². The SMILES string of the molecule is Cc1ccc(C(CN)NC2CCCCCC2)cc1. The normalized spacial score (nSPS) is 19.4. The lowest BCUT2D eigenvalue weighted by Crippen LogP contribution is -2.36. The predicted octanol–water partition coefficient (Wildman–Crippen LogP) is 3.31. The number of hydrogen-bond donors (Lipinski definition) is 2. The number of nitrogens with one attached hydrogen (secondary N) is 1. The Labute approximate surface area is 111 Å². The van der Waals surface area contributed by atoms with E-state index in [9.17, 15) is 0 Å². The topological polar surface area (TPSA) is 38.0 Å². The maximum Gasteiger partial charge on any atom is 0.0446 e. The minimum Gasteiger partial charge on any atom is -0.329 e. The van der Waals surface area contributed by atoms with Crippen LogP contribution in [0.5, 0.6) is 0 Å². The molecule has 0 saturated heterocycles. The van der Waals surface area contributed by atoms with Gasteiger partial charge in [-0.05, 0) is 25.3 Å². The molecule has 0 aromatic heterocycles. The molecule has 0 amide bonds. The van der Waals surface area contributed by atoms with E-state index >= 15 is 0 Å². The van der Waals surface area contributed by atoms with Gasteiger partial charge in [-0.3, -0.25) is 0 Å². The zero-order valence-corrected chi connectivity index (χ0v) is 11.5. The third-order valence-corrected chi connectivity index (χ3v) is 4.01. The zero-order valence-electron chi connectivity index (χ0n) is 11.5. The summed E-state index contributed by atoms with van der Waals surface area (Å²) in [7, 11) is 0. The Balaban J connectivity index is 1.97. The first-order chi connectivity index (χ1) is 8.79. The fourth-order valence-electron chi connectivity index (χ4n) is 2.83. The Morgan fingerprint density at radius 3 is 2.28 bits per heavy atom. The van der Waals surface area contributed by atoms with Gasteiger partial charge in [-0.1, -0.05) is 55.5 Å². The van der Waals surface area contributed by atoms with Crippen molar-refractivity contribution in [3.63, 3.8) is 0 Å². The second-order valence-corrected chi connectivity index (χ2v) is 5.55. The van der Waals surface area contributed by atoms with E-state index in [1.807, 2.05) is 0 Å². The van der Waals surface area contributed by atoms with E-state index in [1.165, 1.54) is 49.7 Å². The summed E-state index contributed by atoms with van der Waals surface area (Å²) < 4.78 is 0. The molecular formula is C16H26N2. The Bertz CT molecular complexity index is 337.